The van der Waals surface area contributed by atoms with Gasteiger partial charge in [0, 0.05) is 0 Å². The minimum atomic E-state index is -0.474. The largest absolute Gasteiger partial charge is 0.0702 e. The molecule has 6 aromatic rings. The van der Waals surface area contributed by atoms with Crippen molar-refractivity contribution in [1.82, 2.24) is 0 Å². The normalized spacial score (nSPS) is 14.3. The van der Waals surface area contributed by atoms with Crippen molar-refractivity contribution in [2.75, 3.05) is 18.5 Å². The van der Waals surface area contributed by atoms with Crippen molar-refractivity contribution in [3.63, 3.8) is 0 Å². The molecule has 0 heterocycles. The van der Waals surface area contributed by atoms with Crippen LogP contribution in [0, 0.1) is 47.0 Å². The second-order valence-electron chi connectivity index (χ2n) is 15.9. The molecular weight excluding hydrogens is 693 g/mol. The van der Waals surface area contributed by atoms with Crippen LogP contribution in [0.3, 0.4) is 0 Å². The first kappa shape index (κ1) is 39.3. The summed E-state index contributed by atoms with van der Waals surface area (Å²) in [5.74, 6) is 0. The number of rotatable bonds is 15. The Labute approximate surface area is 324 Å². The summed E-state index contributed by atoms with van der Waals surface area (Å²) in [6, 6.07) is 56.0. The van der Waals surface area contributed by atoms with E-state index in [0.717, 1.165) is 18.5 Å². The molecule has 0 fully saturated rings. The zero-order valence-electron chi connectivity index (χ0n) is 32.9. The zero-order chi connectivity index (χ0) is 37.4. The monoisotopic (exact) mass is 750 g/mol. The van der Waals surface area contributed by atoms with Gasteiger partial charge in [-0.1, -0.05) is 210 Å². The maximum Gasteiger partial charge on any atom is -0.00326 e. The highest BCUT2D eigenvalue weighted by Crippen LogP contribution is 2.56. The number of hydrogen-bond donors (Lipinski definition) is 0. The molecule has 0 spiro atoms. The third-order valence-corrected chi connectivity index (χ3v) is 18.7. The van der Waals surface area contributed by atoms with E-state index in [9.17, 15) is 0 Å². The summed E-state index contributed by atoms with van der Waals surface area (Å²) in [6.07, 6.45) is 7.02. The molecule has 6 rings (SSSR count). The molecule has 3 unspecified atom stereocenters. The van der Waals surface area contributed by atoms with E-state index in [2.05, 4.69) is 194 Å². The van der Waals surface area contributed by atoms with Gasteiger partial charge in [-0.2, -0.15) is 0 Å². The Morgan fingerprint density at radius 1 is 0.340 bits per heavy atom. The summed E-state index contributed by atoms with van der Waals surface area (Å²) in [7, 11) is -1.42. The summed E-state index contributed by atoms with van der Waals surface area (Å²) in [5, 5.41) is 4.68. The average molecular weight is 751 g/mol. The predicted octanol–water partition coefficient (Wildman–Crippen LogP) is 12.9. The van der Waals surface area contributed by atoms with Gasteiger partial charge < -0.3 is 0 Å². The average Bonchev–Trinajstić information content (AvgIpc) is 3.11. The first-order valence-electron chi connectivity index (χ1n) is 19.1. The number of benzene rings is 6. The van der Waals surface area contributed by atoms with Crippen LogP contribution in [-0.2, 0) is 18.5 Å². The van der Waals surface area contributed by atoms with Gasteiger partial charge in [0.2, 0.25) is 0 Å². The Morgan fingerprint density at radius 2 is 0.566 bits per heavy atom. The van der Waals surface area contributed by atoms with Crippen molar-refractivity contribution in [2.24, 2.45) is 5.41 Å². The van der Waals surface area contributed by atoms with Crippen LogP contribution in [-0.4, -0.2) is 18.5 Å². The summed E-state index contributed by atoms with van der Waals surface area (Å²) in [6.45, 7) is 16.4. The SMILES string of the molecule is Cc1cc(C)cc(P(Cc2ccccc2)CC(C)(CP(Cc2ccccc2)c2cc(C)cc(C)c2)CP(Cc2ccccc2)c2cc(C)cc(C)c2)c1. The van der Waals surface area contributed by atoms with E-state index >= 15 is 0 Å². The Balaban J connectivity index is 1.49. The lowest BCUT2D eigenvalue weighted by Gasteiger charge is -2.40. The van der Waals surface area contributed by atoms with Crippen LogP contribution in [0.5, 0.6) is 0 Å². The van der Waals surface area contributed by atoms with Crippen molar-refractivity contribution in [2.45, 2.75) is 67.0 Å². The molecule has 0 amide bonds. The van der Waals surface area contributed by atoms with Crippen molar-refractivity contribution in [3.05, 3.63) is 196 Å². The molecule has 0 aromatic heterocycles. The fraction of sp³-hybridized carbons (Fsp3) is 0.280. The molecule has 0 aliphatic rings. The summed E-state index contributed by atoms with van der Waals surface area (Å²) in [5.41, 5.74) is 12.8. The molecule has 0 aliphatic heterocycles. The molecule has 272 valence electrons. The van der Waals surface area contributed by atoms with E-state index in [4.69, 9.17) is 0 Å². The predicted molar refractivity (Wildman–Crippen MR) is 241 cm³/mol. The summed E-state index contributed by atoms with van der Waals surface area (Å²) >= 11 is 0. The van der Waals surface area contributed by atoms with Crippen molar-refractivity contribution in [3.8, 4) is 0 Å². The topological polar surface area (TPSA) is 0 Å². The van der Waals surface area contributed by atoms with E-state index in [-0.39, 0.29) is 5.41 Å². The van der Waals surface area contributed by atoms with Gasteiger partial charge in [-0.25, -0.2) is 0 Å². The summed E-state index contributed by atoms with van der Waals surface area (Å²) in [4.78, 5) is 0. The van der Waals surface area contributed by atoms with Gasteiger partial charge in [-0.3, -0.25) is 0 Å². The number of aryl methyl sites for hydroxylation is 6. The van der Waals surface area contributed by atoms with E-state index in [1.54, 1.807) is 15.9 Å². The Morgan fingerprint density at radius 3 is 0.792 bits per heavy atom. The molecule has 3 heteroatoms. The molecule has 0 saturated carbocycles. The first-order valence-corrected chi connectivity index (χ1v) is 24.3. The molecule has 0 radical (unpaired) electrons. The van der Waals surface area contributed by atoms with Crippen LogP contribution < -0.4 is 15.9 Å². The Kier molecular flexibility index (Phi) is 13.6. The van der Waals surface area contributed by atoms with Crippen LogP contribution in [0.2, 0.25) is 0 Å². The lowest BCUT2D eigenvalue weighted by Crippen LogP contribution is -2.33. The van der Waals surface area contributed by atoms with Crippen molar-refractivity contribution in [1.29, 1.82) is 0 Å². The smallest absolute Gasteiger partial charge is 0.00326 e. The highest BCUT2D eigenvalue weighted by atomic mass is 31.1. The quantitative estimate of drug-likeness (QED) is 0.0917. The zero-order valence-corrected chi connectivity index (χ0v) is 35.6. The first-order chi connectivity index (χ1) is 25.5. The lowest BCUT2D eigenvalue weighted by atomic mass is 9.99. The van der Waals surface area contributed by atoms with Crippen molar-refractivity contribution >= 4 is 39.7 Å². The molecule has 3 atom stereocenters. The lowest BCUT2D eigenvalue weighted by molar-refractivity contribution is 0.494. The van der Waals surface area contributed by atoms with Crippen LogP contribution in [0.4, 0.5) is 0 Å². The molecule has 6 aromatic carbocycles. The fourth-order valence-corrected chi connectivity index (χ4v) is 17.7. The van der Waals surface area contributed by atoms with Crippen LogP contribution in [0.15, 0.2) is 146 Å². The van der Waals surface area contributed by atoms with Crippen LogP contribution in [0.25, 0.3) is 0 Å². The van der Waals surface area contributed by atoms with Crippen LogP contribution in [0.1, 0.15) is 57.0 Å². The van der Waals surface area contributed by atoms with E-state index in [0.29, 0.717) is 0 Å². The van der Waals surface area contributed by atoms with Crippen LogP contribution >= 0.6 is 23.8 Å². The second-order valence-corrected chi connectivity index (χ2v) is 22.6. The third-order valence-electron chi connectivity index (χ3n) is 10.1. The molecule has 0 nitrogen and oxygen atoms in total. The molecular formula is C50H57P3. The van der Waals surface area contributed by atoms with Gasteiger partial charge in [0.25, 0.3) is 0 Å². The maximum atomic E-state index is 2.70. The number of hydrogen-bond acceptors (Lipinski definition) is 0. The van der Waals surface area contributed by atoms with Crippen molar-refractivity contribution < 1.29 is 0 Å². The highest BCUT2D eigenvalue weighted by molar-refractivity contribution is 7.67. The molecule has 0 saturated heterocycles. The third kappa shape index (κ3) is 11.6. The van der Waals surface area contributed by atoms with Gasteiger partial charge >= 0.3 is 0 Å². The van der Waals surface area contributed by atoms with Gasteiger partial charge in [-0.15, -0.1) is 0 Å². The second kappa shape index (κ2) is 18.3. The van der Waals surface area contributed by atoms with Gasteiger partial charge in [0.1, 0.15) is 0 Å². The summed E-state index contributed by atoms with van der Waals surface area (Å²) < 4.78 is 0. The van der Waals surface area contributed by atoms with E-state index in [1.165, 1.54) is 68.6 Å². The fourth-order valence-electron chi connectivity index (χ4n) is 8.06. The molecule has 0 N–H and O–H groups in total. The maximum absolute atomic E-state index is 2.70. The Hall–Kier alpha value is -3.39. The Bertz CT molecular complexity index is 1770. The van der Waals surface area contributed by atoms with E-state index < -0.39 is 23.8 Å². The van der Waals surface area contributed by atoms with Gasteiger partial charge in [0.15, 0.2) is 0 Å². The molecule has 53 heavy (non-hydrogen) atoms. The minimum absolute atomic E-state index is 0.119. The highest BCUT2D eigenvalue weighted by Gasteiger charge is 2.36. The standard InChI is InChI=1S/C50H57P3/c1-38-23-39(2)27-47(26-38)51(32-44-17-11-8-12-18-44)35-50(7,36-52(33-45-19-13-9-14-20-45)48-28-40(3)24-41(4)29-48)37-53(34-46-21-15-10-16-22-46)49-30-42(5)25-43(6)31-49/h8-31H,32-37H2,1-7H3. The van der Waals surface area contributed by atoms with E-state index in [1.807, 2.05) is 0 Å². The minimum Gasteiger partial charge on any atom is -0.0702 e. The van der Waals surface area contributed by atoms with Gasteiger partial charge in [-0.05, 0) is 117 Å². The molecule has 0 aliphatic carbocycles. The molecule has 0 bridgehead atoms. The van der Waals surface area contributed by atoms with Gasteiger partial charge in [0.05, 0.1) is 0 Å².